The third-order valence-electron chi connectivity index (χ3n) is 4.90. The van der Waals surface area contributed by atoms with Crippen LogP contribution >= 0.6 is 17.4 Å². The zero-order chi connectivity index (χ0) is 20.4. The Kier molecular flexibility index (Phi) is 5.22. The fourth-order valence-corrected chi connectivity index (χ4v) is 8.05. The topological polar surface area (TPSA) is 22.1 Å². The average Bonchev–Trinajstić information content (AvgIpc) is 3.22. The Morgan fingerprint density at radius 1 is 0.667 bits per heavy atom. The van der Waals surface area contributed by atoms with E-state index in [4.69, 9.17) is 16.5 Å². The van der Waals surface area contributed by atoms with E-state index >= 15 is 0 Å². The van der Waals surface area contributed by atoms with Gasteiger partial charge in [0.1, 0.15) is 5.75 Å². The van der Waals surface area contributed by atoms with Crippen molar-refractivity contribution in [3.8, 4) is 10.9 Å². The van der Waals surface area contributed by atoms with Crippen molar-refractivity contribution in [1.29, 1.82) is 0 Å². The van der Waals surface area contributed by atoms with Gasteiger partial charge in [-0.2, -0.15) is 0 Å². The van der Waals surface area contributed by atoms with Crippen LogP contribution in [0.4, 0.5) is 0 Å². The van der Waals surface area contributed by atoms with Crippen LogP contribution in [0.2, 0.25) is 0 Å². The molecule has 0 amide bonds. The molecule has 0 aliphatic rings. The minimum Gasteiger partial charge on any atom is -0.431 e. The fourth-order valence-electron chi connectivity index (χ4n) is 3.46. The summed E-state index contributed by atoms with van der Waals surface area (Å²) in [6, 6.07) is 34.9. The third kappa shape index (κ3) is 3.59. The summed E-state index contributed by atoms with van der Waals surface area (Å²) in [6.45, 7) is 0. The molecule has 5 aromatic rings. The Labute approximate surface area is 184 Å². The highest BCUT2D eigenvalue weighted by Crippen LogP contribution is 2.43. The summed E-state index contributed by atoms with van der Waals surface area (Å²) in [5.74, 6) is 0.757. The predicted octanol–water partition coefficient (Wildman–Crippen LogP) is 5.84. The van der Waals surface area contributed by atoms with Gasteiger partial charge in [-0.3, -0.25) is 0 Å². The first kappa shape index (κ1) is 19.2. The van der Waals surface area contributed by atoms with Gasteiger partial charge in [0.05, 0.1) is 10.2 Å². The Morgan fingerprint density at radius 2 is 1.27 bits per heavy atom. The van der Waals surface area contributed by atoms with Gasteiger partial charge >= 0.3 is 0 Å². The second-order valence-electron chi connectivity index (χ2n) is 6.83. The average molecular weight is 444 g/mol. The molecule has 30 heavy (non-hydrogen) atoms. The highest BCUT2D eigenvalue weighted by Gasteiger charge is 2.25. The van der Waals surface area contributed by atoms with E-state index in [0.29, 0.717) is 5.19 Å². The number of hydrogen-bond acceptors (Lipinski definition) is 4. The fraction of sp³-hybridized carbons (Fsp3) is 0. The number of thiazole rings is 1. The summed E-state index contributed by atoms with van der Waals surface area (Å²) in [6.07, 6.45) is 0. The van der Waals surface area contributed by atoms with Crippen molar-refractivity contribution in [3.63, 3.8) is 0 Å². The van der Waals surface area contributed by atoms with Gasteiger partial charge < -0.3 is 4.74 Å². The predicted molar refractivity (Wildman–Crippen MR) is 132 cm³/mol. The van der Waals surface area contributed by atoms with Crippen molar-refractivity contribution in [2.75, 3.05) is 0 Å². The highest BCUT2D eigenvalue weighted by molar-refractivity contribution is 8.25. The van der Waals surface area contributed by atoms with Crippen LogP contribution in [0.25, 0.3) is 10.2 Å². The molecule has 0 N–H and O–H groups in total. The summed E-state index contributed by atoms with van der Waals surface area (Å²) in [4.78, 5) is 4.60. The minimum atomic E-state index is -2.20. The molecule has 5 rings (SSSR count). The minimum absolute atomic E-state index is 0.640. The van der Waals surface area contributed by atoms with Crippen LogP contribution in [0, 0.1) is 0 Å². The van der Waals surface area contributed by atoms with Crippen molar-refractivity contribution in [1.82, 2.24) is 4.98 Å². The maximum absolute atomic E-state index is 6.42. The van der Waals surface area contributed by atoms with Crippen molar-refractivity contribution in [2.24, 2.45) is 0 Å². The van der Waals surface area contributed by atoms with Crippen molar-refractivity contribution in [2.45, 2.75) is 0 Å². The monoisotopic (exact) mass is 443 g/mol. The lowest BCUT2D eigenvalue weighted by molar-refractivity contribution is 0.480. The van der Waals surface area contributed by atoms with Crippen molar-refractivity contribution < 1.29 is 4.74 Å². The normalized spacial score (nSPS) is 11.5. The molecular weight excluding hydrogens is 425 g/mol. The summed E-state index contributed by atoms with van der Waals surface area (Å²) in [5.41, 5.74) is 0.951. The molecule has 0 radical (unpaired) electrons. The second-order valence-corrected chi connectivity index (χ2v) is 12.2. The van der Waals surface area contributed by atoms with Gasteiger partial charge in [-0.05, 0) is 40.2 Å². The van der Waals surface area contributed by atoms with Crippen molar-refractivity contribution in [3.05, 3.63) is 109 Å². The first-order valence-corrected chi connectivity index (χ1v) is 13.2. The molecule has 0 atom stereocenters. The van der Waals surface area contributed by atoms with Crippen LogP contribution in [0.3, 0.4) is 0 Å². The maximum Gasteiger partial charge on any atom is 0.279 e. The van der Waals surface area contributed by atoms with E-state index in [0.717, 1.165) is 21.3 Å². The number of rotatable bonds is 5. The molecule has 2 nitrogen and oxygen atoms in total. The zero-order valence-corrected chi connectivity index (χ0v) is 18.5. The van der Waals surface area contributed by atoms with Crippen LogP contribution in [0.1, 0.15) is 0 Å². The van der Waals surface area contributed by atoms with E-state index in [1.54, 1.807) is 11.3 Å². The molecule has 4 aromatic carbocycles. The van der Waals surface area contributed by atoms with E-state index in [2.05, 4.69) is 71.7 Å². The van der Waals surface area contributed by atoms with E-state index in [1.807, 2.05) is 42.5 Å². The summed E-state index contributed by atoms with van der Waals surface area (Å²) in [7, 11) is 0. The molecule has 0 unspecified atom stereocenters. The summed E-state index contributed by atoms with van der Waals surface area (Å²) < 4.78 is 7.26. The van der Waals surface area contributed by atoms with E-state index in [1.165, 1.54) is 10.6 Å². The zero-order valence-electron chi connectivity index (χ0n) is 16.0. The molecule has 0 fully saturated rings. The Balaban J connectivity index is 1.58. The first-order chi connectivity index (χ1) is 14.7. The molecule has 1 aromatic heterocycles. The second kappa shape index (κ2) is 8.16. The molecule has 146 valence electrons. The molecule has 0 spiro atoms. The SMILES string of the molecule is S=P(c1ccccc1)(c1ccccc1)c1cccc(Oc2nc3ccccc3s2)c1. The number of nitrogens with zero attached hydrogens (tertiary/aromatic N) is 1. The van der Waals surface area contributed by atoms with Crippen LogP contribution in [-0.2, 0) is 11.8 Å². The molecule has 0 bridgehead atoms. The molecule has 0 aliphatic carbocycles. The smallest absolute Gasteiger partial charge is 0.279 e. The first-order valence-electron chi connectivity index (χ1n) is 9.59. The Hall–Kier alpha value is -2.78. The standard InChI is InChI=1S/C25H18NOPS2/c29-28(20-11-3-1-4-12-20,21-13-5-2-6-14-21)22-15-9-10-19(18-22)27-25-26-23-16-7-8-17-24(23)30-25/h1-18H. The lowest BCUT2D eigenvalue weighted by Gasteiger charge is -2.24. The van der Waals surface area contributed by atoms with Crippen LogP contribution in [0.15, 0.2) is 109 Å². The largest absolute Gasteiger partial charge is 0.431 e. The Bertz CT molecular complexity index is 1270. The quantitative estimate of drug-likeness (QED) is 0.319. The molecule has 1 heterocycles. The lowest BCUT2D eigenvalue weighted by Crippen LogP contribution is -2.24. The number of fused-ring (bicyclic) bond motifs is 1. The molecule has 5 heteroatoms. The maximum atomic E-state index is 6.42. The van der Waals surface area contributed by atoms with Gasteiger partial charge in [-0.1, -0.05) is 108 Å². The lowest BCUT2D eigenvalue weighted by atomic mass is 10.3. The molecule has 0 aliphatic heterocycles. The number of benzene rings is 4. The van der Waals surface area contributed by atoms with E-state index < -0.39 is 6.04 Å². The van der Waals surface area contributed by atoms with Crippen molar-refractivity contribution >= 4 is 55.3 Å². The van der Waals surface area contributed by atoms with Gasteiger partial charge in [0.2, 0.25) is 0 Å². The van der Waals surface area contributed by atoms with Gasteiger partial charge in [-0.15, -0.1) is 0 Å². The Morgan fingerprint density at radius 3 is 1.93 bits per heavy atom. The number of para-hydroxylation sites is 1. The van der Waals surface area contributed by atoms with Crippen LogP contribution < -0.4 is 20.7 Å². The highest BCUT2D eigenvalue weighted by atomic mass is 32.4. The van der Waals surface area contributed by atoms with Gasteiger partial charge in [0.15, 0.2) is 0 Å². The molecule has 0 saturated heterocycles. The van der Waals surface area contributed by atoms with Gasteiger partial charge in [0, 0.05) is 6.04 Å². The summed E-state index contributed by atoms with van der Waals surface area (Å²) in [5, 5.41) is 4.08. The van der Waals surface area contributed by atoms with Crippen LogP contribution in [0.5, 0.6) is 10.9 Å². The number of hydrogen-bond donors (Lipinski definition) is 0. The van der Waals surface area contributed by atoms with Crippen LogP contribution in [-0.4, -0.2) is 4.98 Å². The van der Waals surface area contributed by atoms with E-state index in [9.17, 15) is 0 Å². The van der Waals surface area contributed by atoms with Gasteiger partial charge in [0.25, 0.3) is 5.19 Å². The molecular formula is C25H18NOPS2. The third-order valence-corrected chi connectivity index (χ3v) is 10.8. The number of ether oxygens (including phenoxy) is 1. The van der Waals surface area contributed by atoms with E-state index in [-0.39, 0.29) is 0 Å². The molecule has 0 saturated carbocycles. The van der Waals surface area contributed by atoms with Gasteiger partial charge in [-0.25, -0.2) is 4.98 Å². The summed E-state index contributed by atoms with van der Waals surface area (Å²) >= 11 is 7.97. The number of aromatic nitrogens is 1.